The highest BCUT2D eigenvalue weighted by molar-refractivity contribution is 5.98. The van der Waals surface area contributed by atoms with Crippen LogP contribution in [0, 0.1) is 28.6 Å². The summed E-state index contributed by atoms with van der Waals surface area (Å²) in [7, 11) is 0. The van der Waals surface area contributed by atoms with Crippen LogP contribution in [0.4, 0.5) is 0 Å². The van der Waals surface area contributed by atoms with Crippen LogP contribution in [0.25, 0.3) is 10.8 Å². The molecule has 1 spiro atoms. The van der Waals surface area contributed by atoms with Crippen molar-refractivity contribution in [2.45, 2.75) is 129 Å². The van der Waals surface area contributed by atoms with E-state index in [0.717, 1.165) is 30.0 Å². The molecule has 0 radical (unpaired) electrons. The van der Waals surface area contributed by atoms with Gasteiger partial charge in [0.15, 0.2) is 17.5 Å². The van der Waals surface area contributed by atoms with Crippen molar-refractivity contribution >= 4 is 28.5 Å². The molecule has 0 saturated heterocycles. The fourth-order valence-corrected chi connectivity index (χ4v) is 10.2. The Morgan fingerprint density at radius 3 is 2.25 bits per heavy atom. The van der Waals surface area contributed by atoms with Crippen molar-refractivity contribution in [1.82, 2.24) is 0 Å². The third-order valence-electron chi connectivity index (χ3n) is 13.0. The van der Waals surface area contributed by atoms with Crippen LogP contribution >= 0.6 is 0 Å². The second-order valence-corrected chi connectivity index (χ2v) is 16.4. The van der Waals surface area contributed by atoms with E-state index in [-0.39, 0.29) is 29.3 Å². The second kappa shape index (κ2) is 14.2. The zero-order valence-corrected chi connectivity index (χ0v) is 31.0. The summed E-state index contributed by atoms with van der Waals surface area (Å²) in [6.45, 7) is 9.16. The number of allylic oxidation sites excluding steroid dienone is 1. The number of fused-ring (bicyclic) bond motifs is 4. The molecule has 0 heterocycles. The molecule has 2 aromatic rings. The van der Waals surface area contributed by atoms with Gasteiger partial charge < -0.3 is 24.8 Å². The second-order valence-electron chi connectivity index (χ2n) is 16.4. The van der Waals surface area contributed by atoms with E-state index in [1.54, 1.807) is 31.2 Å². The maximum atomic E-state index is 15.1. The number of hydrogen-bond donors (Lipinski definition) is 3. The van der Waals surface area contributed by atoms with E-state index in [4.69, 9.17) is 9.47 Å². The van der Waals surface area contributed by atoms with E-state index in [1.165, 1.54) is 38.5 Å². The Morgan fingerprint density at radius 1 is 0.941 bits per heavy atom. The number of hydrogen-bond acceptors (Lipinski definition) is 8. The van der Waals surface area contributed by atoms with Gasteiger partial charge in [-0.3, -0.25) is 9.59 Å². The molecule has 4 aliphatic carbocycles. The third-order valence-corrected chi connectivity index (χ3v) is 13.0. The number of aliphatic hydroxyl groups is 3. The lowest BCUT2D eigenvalue weighted by atomic mass is 9.59. The van der Waals surface area contributed by atoms with Gasteiger partial charge in [-0.25, -0.2) is 4.79 Å². The lowest BCUT2D eigenvalue weighted by molar-refractivity contribution is -0.192. The van der Waals surface area contributed by atoms with Gasteiger partial charge in [0.25, 0.3) is 0 Å². The van der Waals surface area contributed by atoms with E-state index in [1.807, 2.05) is 51.1 Å². The van der Waals surface area contributed by atoms with Crippen molar-refractivity contribution in [1.29, 1.82) is 0 Å². The molecule has 2 aromatic carbocycles. The molecule has 3 N–H and O–H groups in total. The van der Waals surface area contributed by atoms with Crippen molar-refractivity contribution in [2.24, 2.45) is 28.6 Å². The highest BCUT2D eigenvalue weighted by Gasteiger charge is 2.83. The highest BCUT2D eigenvalue weighted by Crippen LogP contribution is 2.75. The number of unbranched alkanes of at least 4 members (excludes halogenated alkanes) is 8. The standard InChI is InChI=1S/C43H56O8/c1-6-7-8-9-10-11-12-13-14-19-34(45)51-42-25-28(3)41-24-27(2)38(50-39(48)31-21-20-29-17-15-16-18-30(29)22-31)43(41,49)36(46)32(26-44)23-33(37(41)47)35(42)40(42,4)5/h15-18,20-24,28,33,35-36,38,44,46,49H,6-14,19,25-26H2,1-5H3/t28-,33+,35-,36-,38+,41+,42+,43+/m1/s1. The molecule has 6 rings (SSSR count). The first-order valence-electron chi connectivity index (χ1n) is 19.2. The summed E-state index contributed by atoms with van der Waals surface area (Å²) in [4.78, 5) is 42.3. The van der Waals surface area contributed by atoms with Crippen molar-refractivity contribution in [3.63, 3.8) is 0 Å². The smallest absolute Gasteiger partial charge is 0.338 e. The lowest BCUT2D eigenvalue weighted by Crippen LogP contribution is -2.66. The van der Waals surface area contributed by atoms with Gasteiger partial charge in [0.2, 0.25) is 0 Å². The largest absolute Gasteiger partial charge is 0.458 e. The highest BCUT2D eigenvalue weighted by atomic mass is 16.6. The van der Waals surface area contributed by atoms with Gasteiger partial charge in [-0.15, -0.1) is 0 Å². The van der Waals surface area contributed by atoms with Crippen molar-refractivity contribution in [3.8, 4) is 0 Å². The topological polar surface area (TPSA) is 130 Å². The number of carbonyl (C=O) groups excluding carboxylic acids is 3. The zero-order valence-electron chi connectivity index (χ0n) is 31.0. The number of Topliss-reactive ketones (excluding diaryl/α,β-unsaturated/α-hetero) is 1. The Kier molecular flexibility index (Phi) is 10.5. The van der Waals surface area contributed by atoms with Gasteiger partial charge in [0.1, 0.15) is 11.7 Å². The monoisotopic (exact) mass is 700 g/mol. The summed E-state index contributed by atoms with van der Waals surface area (Å²) in [5.74, 6) is -3.21. The Labute approximate surface area is 302 Å². The Bertz CT molecular complexity index is 1720. The molecule has 0 unspecified atom stereocenters. The van der Waals surface area contributed by atoms with E-state index in [0.29, 0.717) is 12.0 Å². The number of esters is 2. The third kappa shape index (κ3) is 5.99. The van der Waals surface area contributed by atoms with Crippen molar-refractivity contribution < 1.29 is 39.2 Å². The van der Waals surface area contributed by atoms with Gasteiger partial charge in [0, 0.05) is 23.7 Å². The molecule has 0 aromatic heterocycles. The first-order chi connectivity index (χ1) is 24.3. The lowest BCUT2D eigenvalue weighted by Gasteiger charge is -2.49. The van der Waals surface area contributed by atoms with Gasteiger partial charge in [0.05, 0.1) is 17.6 Å². The van der Waals surface area contributed by atoms with Gasteiger partial charge in [-0.1, -0.05) is 122 Å². The van der Waals surface area contributed by atoms with Crippen LogP contribution in [0.1, 0.15) is 116 Å². The van der Waals surface area contributed by atoms with Gasteiger partial charge >= 0.3 is 11.9 Å². The number of ether oxygens (including phenoxy) is 2. The van der Waals surface area contributed by atoms with Crippen LogP contribution in [0.15, 0.2) is 65.8 Å². The molecule has 2 saturated carbocycles. The molecule has 276 valence electrons. The molecule has 0 aliphatic heterocycles. The molecule has 8 heteroatoms. The van der Waals surface area contributed by atoms with Gasteiger partial charge in [-0.2, -0.15) is 0 Å². The van der Waals surface area contributed by atoms with Crippen LogP contribution < -0.4 is 0 Å². The fourth-order valence-electron chi connectivity index (χ4n) is 10.2. The summed E-state index contributed by atoms with van der Waals surface area (Å²) < 4.78 is 12.5. The van der Waals surface area contributed by atoms with Crippen LogP contribution in [0.2, 0.25) is 0 Å². The van der Waals surface area contributed by atoms with E-state index in [9.17, 15) is 24.9 Å². The molecular formula is C43H56O8. The minimum absolute atomic E-state index is 0.0827. The predicted molar refractivity (Wildman–Crippen MR) is 196 cm³/mol. The van der Waals surface area contributed by atoms with E-state index < -0.39 is 64.6 Å². The molecule has 2 bridgehead atoms. The summed E-state index contributed by atoms with van der Waals surface area (Å²) >= 11 is 0. The van der Waals surface area contributed by atoms with Crippen LogP contribution in [-0.2, 0) is 19.1 Å². The SMILES string of the molecule is CCCCCCCCCCCC(=O)O[C@@]12C[C@@H](C)[C@]34C=C(C)[C@H](OC(=O)c5ccc6ccccc6c5)[C@@]3(O)[C@H](O)C(CO)=C[C@H](C4=O)[C@@H]1C2(C)C. The van der Waals surface area contributed by atoms with E-state index >= 15 is 4.79 Å². The molecular weight excluding hydrogens is 644 g/mol. The van der Waals surface area contributed by atoms with Crippen LogP contribution in [0.3, 0.4) is 0 Å². The number of benzene rings is 2. The Hall–Kier alpha value is -3.33. The number of aliphatic hydroxyl groups excluding tert-OH is 2. The number of ketones is 1. The molecule has 0 amide bonds. The Morgan fingerprint density at radius 2 is 1.59 bits per heavy atom. The first-order valence-corrected chi connectivity index (χ1v) is 19.2. The van der Waals surface area contributed by atoms with E-state index in [2.05, 4.69) is 6.92 Å². The average Bonchev–Trinajstić information content (AvgIpc) is 3.51. The fraction of sp³-hybridized carbons (Fsp3) is 0.605. The molecule has 2 fully saturated rings. The maximum absolute atomic E-state index is 15.1. The normalized spacial score (nSPS) is 33.3. The molecule has 51 heavy (non-hydrogen) atoms. The first kappa shape index (κ1) is 37.4. The van der Waals surface area contributed by atoms with Gasteiger partial charge in [-0.05, 0) is 59.7 Å². The molecule has 4 aliphatic rings. The zero-order chi connectivity index (χ0) is 36.8. The predicted octanol–water partition coefficient (Wildman–Crippen LogP) is 7.42. The minimum Gasteiger partial charge on any atom is -0.458 e. The average molecular weight is 701 g/mol. The Balaban J connectivity index is 1.26. The summed E-state index contributed by atoms with van der Waals surface area (Å²) in [5, 5.41) is 37.2. The summed E-state index contributed by atoms with van der Waals surface area (Å²) in [6.07, 6.45) is 11.0. The maximum Gasteiger partial charge on any atom is 0.338 e. The van der Waals surface area contributed by atoms with Crippen LogP contribution in [-0.4, -0.2) is 63.1 Å². The van der Waals surface area contributed by atoms with Crippen molar-refractivity contribution in [3.05, 3.63) is 71.3 Å². The van der Waals surface area contributed by atoms with Crippen LogP contribution in [0.5, 0.6) is 0 Å². The van der Waals surface area contributed by atoms with Crippen molar-refractivity contribution in [2.75, 3.05) is 6.61 Å². The molecule has 8 nitrogen and oxygen atoms in total. The molecule has 8 atom stereocenters. The summed E-state index contributed by atoms with van der Waals surface area (Å²) in [5.41, 5.74) is -4.75. The quantitative estimate of drug-likeness (QED) is 0.106. The number of rotatable bonds is 14. The minimum atomic E-state index is -2.31. The summed E-state index contributed by atoms with van der Waals surface area (Å²) in [6, 6.07) is 12.8. The number of carbonyl (C=O) groups is 3.